The average molecular weight is 279 g/mol. The minimum Gasteiger partial charge on any atom is -0.330 e. The number of aromatic nitrogens is 2. The first-order chi connectivity index (χ1) is 10.2. The Hall–Kier alpha value is -2.13. The van der Waals surface area contributed by atoms with E-state index in [1.54, 1.807) is 0 Å². The van der Waals surface area contributed by atoms with Gasteiger partial charge in [0, 0.05) is 19.0 Å². The Morgan fingerprint density at radius 1 is 1.10 bits per heavy atom. The predicted octanol–water partition coefficient (Wildman–Crippen LogP) is 3.40. The van der Waals surface area contributed by atoms with Gasteiger partial charge in [0.15, 0.2) is 0 Å². The highest BCUT2D eigenvalue weighted by Gasteiger charge is 2.12. The molecular weight excluding hydrogens is 258 g/mol. The molecule has 108 valence electrons. The van der Waals surface area contributed by atoms with Crippen molar-refractivity contribution in [3.05, 3.63) is 65.5 Å². The van der Waals surface area contributed by atoms with E-state index in [9.17, 15) is 0 Å². The smallest absolute Gasteiger partial charge is 0.0958 e. The number of rotatable bonds is 4. The number of hydrogen-bond acceptors (Lipinski definition) is 2. The summed E-state index contributed by atoms with van der Waals surface area (Å²) in [4.78, 5) is 4.52. The van der Waals surface area contributed by atoms with E-state index >= 15 is 0 Å². The maximum absolute atomic E-state index is 5.99. The van der Waals surface area contributed by atoms with Gasteiger partial charge in [-0.3, -0.25) is 0 Å². The van der Waals surface area contributed by atoms with Crippen molar-refractivity contribution in [2.24, 2.45) is 5.73 Å². The molecule has 0 aliphatic heterocycles. The minimum atomic E-state index is 0.310. The molecule has 0 amide bonds. The van der Waals surface area contributed by atoms with E-state index in [1.165, 1.54) is 22.2 Å². The van der Waals surface area contributed by atoms with Crippen molar-refractivity contribution in [2.75, 3.05) is 6.54 Å². The predicted molar refractivity (Wildman–Crippen MR) is 87.4 cm³/mol. The molecule has 3 heteroatoms. The molecule has 0 spiro atoms. The number of nitrogens with two attached hydrogens (primary N) is 1. The molecule has 0 saturated carbocycles. The standard InChI is InChI=1S/C18H21N3/c1-13-8-17-18(9-14(13)2)21(12-20-17)11-16(10-19)15-6-4-3-5-7-15/h3-9,12,16H,10-11,19H2,1-2H3. The topological polar surface area (TPSA) is 43.8 Å². The molecule has 1 heterocycles. The number of nitrogens with zero attached hydrogens (tertiary/aromatic N) is 2. The van der Waals surface area contributed by atoms with Crippen LogP contribution in [-0.4, -0.2) is 16.1 Å². The monoisotopic (exact) mass is 279 g/mol. The maximum atomic E-state index is 5.99. The number of benzene rings is 2. The fourth-order valence-corrected chi connectivity index (χ4v) is 2.74. The molecule has 0 aliphatic rings. The largest absolute Gasteiger partial charge is 0.330 e. The molecule has 0 fully saturated rings. The van der Waals surface area contributed by atoms with Crippen molar-refractivity contribution in [1.29, 1.82) is 0 Å². The van der Waals surface area contributed by atoms with Crippen LogP contribution < -0.4 is 5.73 Å². The number of hydrogen-bond donors (Lipinski definition) is 1. The summed E-state index contributed by atoms with van der Waals surface area (Å²) in [5, 5.41) is 0. The molecule has 0 bridgehead atoms. The zero-order valence-corrected chi connectivity index (χ0v) is 12.6. The van der Waals surface area contributed by atoms with Gasteiger partial charge in [-0.25, -0.2) is 4.98 Å². The van der Waals surface area contributed by atoms with Crippen LogP contribution in [0, 0.1) is 13.8 Å². The molecule has 1 aromatic heterocycles. The first kappa shape index (κ1) is 13.8. The lowest BCUT2D eigenvalue weighted by atomic mass is 9.99. The Morgan fingerprint density at radius 3 is 2.52 bits per heavy atom. The summed E-state index contributed by atoms with van der Waals surface area (Å²) in [6.45, 7) is 5.76. The SMILES string of the molecule is Cc1cc2ncn(CC(CN)c3ccccc3)c2cc1C. The van der Waals surface area contributed by atoms with Gasteiger partial charge in [-0.15, -0.1) is 0 Å². The van der Waals surface area contributed by atoms with Crippen LogP contribution in [0.15, 0.2) is 48.8 Å². The Balaban J connectivity index is 1.95. The zero-order chi connectivity index (χ0) is 14.8. The van der Waals surface area contributed by atoms with Crippen LogP contribution in [0.25, 0.3) is 11.0 Å². The first-order valence-corrected chi connectivity index (χ1v) is 7.36. The van der Waals surface area contributed by atoms with Gasteiger partial charge in [0.25, 0.3) is 0 Å². The van der Waals surface area contributed by atoms with Crippen LogP contribution in [0.3, 0.4) is 0 Å². The highest BCUT2D eigenvalue weighted by atomic mass is 15.0. The number of imidazole rings is 1. The normalized spacial score (nSPS) is 12.7. The van der Waals surface area contributed by atoms with Crippen molar-refractivity contribution in [2.45, 2.75) is 26.3 Å². The average Bonchev–Trinajstić information content (AvgIpc) is 2.88. The number of fused-ring (bicyclic) bond motifs is 1. The van der Waals surface area contributed by atoms with E-state index in [0.717, 1.165) is 12.1 Å². The molecule has 21 heavy (non-hydrogen) atoms. The molecule has 1 atom stereocenters. The fourth-order valence-electron chi connectivity index (χ4n) is 2.74. The lowest BCUT2D eigenvalue weighted by molar-refractivity contribution is 0.577. The van der Waals surface area contributed by atoms with Crippen LogP contribution in [0.5, 0.6) is 0 Å². The van der Waals surface area contributed by atoms with E-state index < -0.39 is 0 Å². The molecule has 3 aromatic rings. The molecule has 0 radical (unpaired) electrons. The molecule has 2 aromatic carbocycles. The van der Waals surface area contributed by atoms with Crippen molar-refractivity contribution >= 4 is 11.0 Å². The molecule has 0 saturated heterocycles. The lowest BCUT2D eigenvalue weighted by Crippen LogP contribution is -2.18. The van der Waals surface area contributed by atoms with Crippen LogP contribution in [0.1, 0.15) is 22.6 Å². The summed E-state index contributed by atoms with van der Waals surface area (Å²) >= 11 is 0. The van der Waals surface area contributed by atoms with Crippen LogP contribution in [0.4, 0.5) is 0 Å². The van der Waals surface area contributed by atoms with Gasteiger partial charge in [-0.05, 0) is 42.7 Å². The Kier molecular flexibility index (Phi) is 3.76. The Bertz CT molecular complexity index is 744. The van der Waals surface area contributed by atoms with E-state index in [4.69, 9.17) is 5.73 Å². The van der Waals surface area contributed by atoms with E-state index in [0.29, 0.717) is 12.5 Å². The zero-order valence-electron chi connectivity index (χ0n) is 12.6. The fraction of sp³-hybridized carbons (Fsp3) is 0.278. The molecule has 3 nitrogen and oxygen atoms in total. The lowest BCUT2D eigenvalue weighted by Gasteiger charge is -2.16. The van der Waals surface area contributed by atoms with Gasteiger partial charge in [0.05, 0.1) is 17.4 Å². The third kappa shape index (κ3) is 2.69. The van der Waals surface area contributed by atoms with Gasteiger partial charge in [-0.2, -0.15) is 0 Å². The number of aryl methyl sites for hydroxylation is 2. The van der Waals surface area contributed by atoms with Gasteiger partial charge in [0.2, 0.25) is 0 Å². The maximum Gasteiger partial charge on any atom is 0.0958 e. The first-order valence-electron chi connectivity index (χ1n) is 7.36. The second-order valence-electron chi connectivity index (χ2n) is 5.67. The van der Waals surface area contributed by atoms with Gasteiger partial charge >= 0.3 is 0 Å². The molecule has 0 aliphatic carbocycles. The van der Waals surface area contributed by atoms with E-state index in [2.05, 4.69) is 59.8 Å². The van der Waals surface area contributed by atoms with Gasteiger partial charge in [0.1, 0.15) is 0 Å². The summed E-state index contributed by atoms with van der Waals surface area (Å²) < 4.78 is 2.21. The van der Waals surface area contributed by atoms with Crippen LogP contribution in [0.2, 0.25) is 0 Å². The van der Waals surface area contributed by atoms with Crippen molar-refractivity contribution in [1.82, 2.24) is 9.55 Å². The van der Waals surface area contributed by atoms with Crippen molar-refractivity contribution in [3.8, 4) is 0 Å². The van der Waals surface area contributed by atoms with E-state index in [-0.39, 0.29) is 0 Å². The minimum absolute atomic E-state index is 0.310. The molecule has 2 N–H and O–H groups in total. The highest BCUT2D eigenvalue weighted by molar-refractivity contribution is 5.77. The summed E-state index contributed by atoms with van der Waals surface area (Å²) in [5.74, 6) is 0.310. The third-order valence-electron chi connectivity index (χ3n) is 4.21. The Labute approximate surface area is 125 Å². The summed E-state index contributed by atoms with van der Waals surface area (Å²) in [5.41, 5.74) is 12.1. The molecular formula is C18H21N3. The summed E-state index contributed by atoms with van der Waals surface area (Å²) in [6.07, 6.45) is 1.93. The second-order valence-corrected chi connectivity index (χ2v) is 5.67. The Morgan fingerprint density at radius 2 is 1.81 bits per heavy atom. The highest BCUT2D eigenvalue weighted by Crippen LogP contribution is 2.22. The van der Waals surface area contributed by atoms with Crippen LogP contribution in [-0.2, 0) is 6.54 Å². The summed E-state index contributed by atoms with van der Waals surface area (Å²) in [6, 6.07) is 14.8. The van der Waals surface area contributed by atoms with Crippen molar-refractivity contribution in [3.63, 3.8) is 0 Å². The van der Waals surface area contributed by atoms with Gasteiger partial charge in [-0.1, -0.05) is 30.3 Å². The summed E-state index contributed by atoms with van der Waals surface area (Å²) in [7, 11) is 0. The molecule has 3 rings (SSSR count). The second kappa shape index (κ2) is 5.70. The van der Waals surface area contributed by atoms with E-state index in [1.807, 2.05) is 12.4 Å². The van der Waals surface area contributed by atoms with Crippen molar-refractivity contribution < 1.29 is 0 Å². The quantitative estimate of drug-likeness (QED) is 0.795. The molecule has 1 unspecified atom stereocenters. The van der Waals surface area contributed by atoms with Crippen LogP contribution >= 0.6 is 0 Å². The third-order valence-corrected chi connectivity index (χ3v) is 4.21. The van der Waals surface area contributed by atoms with Gasteiger partial charge < -0.3 is 10.3 Å².